The normalized spacial score (nSPS) is 11.9. The van der Waals surface area contributed by atoms with E-state index < -0.39 is 10.0 Å². The summed E-state index contributed by atoms with van der Waals surface area (Å²) in [6.45, 7) is 12.9. The number of hydrogen-bond acceptors (Lipinski definition) is 3. The van der Waals surface area contributed by atoms with Gasteiger partial charge in [-0.25, -0.2) is 8.42 Å². The number of sulfonamides is 1. The Bertz CT molecular complexity index is 666. The molecule has 1 rings (SSSR count). The van der Waals surface area contributed by atoms with Crippen molar-refractivity contribution in [1.82, 2.24) is 4.90 Å². The van der Waals surface area contributed by atoms with E-state index in [0.717, 1.165) is 11.1 Å². The summed E-state index contributed by atoms with van der Waals surface area (Å²) in [5.41, 5.74) is 2.56. The predicted octanol–water partition coefficient (Wildman–Crippen LogP) is 3.57. The lowest BCUT2D eigenvalue weighted by molar-refractivity contribution is -0.129. The molecule has 0 fully saturated rings. The predicted molar refractivity (Wildman–Crippen MR) is 105 cm³/mol. The van der Waals surface area contributed by atoms with Crippen molar-refractivity contribution in [2.75, 3.05) is 30.2 Å². The van der Waals surface area contributed by atoms with Gasteiger partial charge in [0, 0.05) is 13.1 Å². The minimum Gasteiger partial charge on any atom is -0.342 e. The highest BCUT2D eigenvalue weighted by Gasteiger charge is 2.28. The minimum atomic E-state index is -3.59. The lowest BCUT2D eigenvalue weighted by atomic mass is 9.92. The molecule has 0 unspecified atom stereocenters. The molecule has 0 atom stereocenters. The molecule has 0 radical (unpaired) electrons. The summed E-state index contributed by atoms with van der Waals surface area (Å²) in [5.74, 6) is 0.131. The van der Waals surface area contributed by atoms with Crippen LogP contribution in [0.15, 0.2) is 18.2 Å². The van der Waals surface area contributed by atoms with Gasteiger partial charge in [0.15, 0.2) is 0 Å². The maximum atomic E-state index is 12.6. The fourth-order valence-corrected chi connectivity index (χ4v) is 3.85. The number of benzene rings is 1. The number of rotatable bonds is 8. The second-order valence-electron chi connectivity index (χ2n) is 6.93. The van der Waals surface area contributed by atoms with Crippen molar-refractivity contribution < 1.29 is 13.2 Å². The molecule has 0 saturated heterocycles. The molecule has 6 heteroatoms. The molecule has 1 amide bonds. The van der Waals surface area contributed by atoms with Crippen molar-refractivity contribution in [3.8, 4) is 0 Å². The first-order valence-corrected chi connectivity index (χ1v) is 10.8. The van der Waals surface area contributed by atoms with Crippen molar-refractivity contribution in [1.29, 1.82) is 0 Å². The summed E-state index contributed by atoms with van der Waals surface area (Å²) in [5, 5.41) is 0. The lowest BCUT2D eigenvalue weighted by Crippen LogP contribution is -2.43. The number of amides is 1. The van der Waals surface area contributed by atoms with Crippen molar-refractivity contribution in [3.05, 3.63) is 29.3 Å². The Morgan fingerprint density at radius 2 is 1.44 bits per heavy atom. The van der Waals surface area contributed by atoms with Gasteiger partial charge >= 0.3 is 0 Å². The zero-order valence-corrected chi connectivity index (χ0v) is 17.4. The van der Waals surface area contributed by atoms with Crippen LogP contribution in [0.3, 0.4) is 0 Å². The summed E-state index contributed by atoms with van der Waals surface area (Å²) in [6.07, 6.45) is 1.17. The zero-order chi connectivity index (χ0) is 19.4. The van der Waals surface area contributed by atoms with E-state index in [1.54, 1.807) is 4.90 Å². The molecule has 0 saturated carbocycles. The fraction of sp³-hybridized carbons (Fsp3) is 0.632. The van der Waals surface area contributed by atoms with E-state index in [0.29, 0.717) is 18.8 Å². The molecule has 0 bridgehead atoms. The van der Waals surface area contributed by atoms with E-state index in [1.165, 1.54) is 10.6 Å². The van der Waals surface area contributed by atoms with Gasteiger partial charge in [0.2, 0.25) is 15.9 Å². The van der Waals surface area contributed by atoms with E-state index in [1.807, 2.05) is 59.7 Å². The van der Waals surface area contributed by atoms with Crippen LogP contribution in [-0.4, -0.2) is 45.1 Å². The van der Waals surface area contributed by atoms with E-state index >= 15 is 0 Å². The standard InChI is InChI=1S/C19H32N2O3S/c1-8-20(9-2)18(22)13-21(25(7,23)24)19-16(14(3)4)11-10-12-17(19)15(5)6/h10-12,14-15H,8-9,13H2,1-7H3. The number of carbonyl (C=O) groups is 1. The molecule has 0 aliphatic carbocycles. The Labute approximate surface area is 153 Å². The number of para-hydroxylation sites is 1. The van der Waals surface area contributed by atoms with Crippen LogP contribution in [0.5, 0.6) is 0 Å². The zero-order valence-electron chi connectivity index (χ0n) is 16.5. The molecule has 0 N–H and O–H groups in total. The molecule has 0 aliphatic heterocycles. The third-order valence-electron chi connectivity index (χ3n) is 4.39. The Kier molecular flexibility index (Phi) is 7.47. The second-order valence-corrected chi connectivity index (χ2v) is 8.84. The molecule has 0 heterocycles. The second kappa shape index (κ2) is 8.70. The summed E-state index contributed by atoms with van der Waals surface area (Å²) >= 11 is 0. The Balaban J connectivity index is 3.55. The maximum absolute atomic E-state index is 12.6. The lowest BCUT2D eigenvalue weighted by Gasteiger charge is -2.31. The first-order chi connectivity index (χ1) is 11.5. The molecule has 0 aromatic heterocycles. The molecule has 0 spiro atoms. The van der Waals surface area contributed by atoms with Crippen molar-refractivity contribution in [2.45, 2.75) is 53.4 Å². The molecule has 25 heavy (non-hydrogen) atoms. The largest absolute Gasteiger partial charge is 0.342 e. The highest BCUT2D eigenvalue weighted by Crippen LogP contribution is 2.36. The van der Waals surface area contributed by atoms with Crippen LogP contribution in [0.2, 0.25) is 0 Å². The van der Waals surface area contributed by atoms with Crippen LogP contribution < -0.4 is 4.31 Å². The molecule has 1 aromatic carbocycles. The van der Waals surface area contributed by atoms with Crippen LogP contribution in [0.25, 0.3) is 0 Å². The van der Waals surface area contributed by atoms with Crippen LogP contribution >= 0.6 is 0 Å². The first kappa shape index (κ1) is 21.5. The van der Waals surface area contributed by atoms with Gasteiger partial charge in [-0.05, 0) is 36.8 Å². The number of anilines is 1. The highest BCUT2D eigenvalue weighted by atomic mass is 32.2. The Hall–Kier alpha value is -1.56. The third-order valence-corrected chi connectivity index (χ3v) is 5.50. The molecular formula is C19H32N2O3S. The SMILES string of the molecule is CCN(CC)C(=O)CN(c1c(C(C)C)cccc1C(C)C)S(C)(=O)=O. The van der Waals surface area contributed by atoms with E-state index in [4.69, 9.17) is 0 Å². The van der Waals surface area contributed by atoms with Gasteiger partial charge < -0.3 is 4.90 Å². The first-order valence-electron chi connectivity index (χ1n) is 8.92. The van der Waals surface area contributed by atoms with Gasteiger partial charge in [-0.3, -0.25) is 9.10 Å². The van der Waals surface area contributed by atoms with E-state index in [2.05, 4.69) is 0 Å². The van der Waals surface area contributed by atoms with Gasteiger partial charge in [-0.2, -0.15) is 0 Å². The summed E-state index contributed by atoms with van der Waals surface area (Å²) in [6, 6.07) is 5.86. The quantitative estimate of drug-likeness (QED) is 0.705. The fourth-order valence-electron chi connectivity index (χ4n) is 2.96. The molecule has 142 valence electrons. The summed E-state index contributed by atoms with van der Waals surface area (Å²) in [4.78, 5) is 14.3. The van der Waals surface area contributed by atoms with E-state index in [-0.39, 0.29) is 24.3 Å². The van der Waals surface area contributed by atoms with Crippen LogP contribution in [-0.2, 0) is 14.8 Å². The number of hydrogen-bond donors (Lipinski definition) is 0. The maximum Gasteiger partial charge on any atom is 0.243 e. The topological polar surface area (TPSA) is 57.7 Å². The molecular weight excluding hydrogens is 336 g/mol. The average molecular weight is 369 g/mol. The van der Waals surface area contributed by atoms with Gasteiger partial charge in [0.05, 0.1) is 11.9 Å². The minimum absolute atomic E-state index is 0.154. The van der Waals surface area contributed by atoms with Crippen LogP contribution in [0, 0.1) is 0 Å². The van der Waals surface area contributed by atoms with Crippen molar-refractivity contribution in [2.24, 2.45) is 0 Å². The smallest absolute Gasteiger partial charge is 0.243 e. The van der Waals surface area contributed by atoms with Crippen molar-refractivity contribution in [3.63, 3.8) is 0 Å². The number of carbonyl (C=O) groups excluding carboxylic acids is 1. The number of likely N-dealkylation sites (N-methyl/N-ethyl adjacent to an activating group) is 1. The highest BCUT2D eigenvalue weighted by molar-refractivity contribution is 7.92. The van der Waals surface area contributed by atoms with E-state index in [9.17, 15) is 13.2 Å². The Morgan fingerprint density at radius 1 is 1.00 bits per heavy atom. The summed E-state index contributed by atoms with van der Waals surface area (Å²) in [7, 11) is -3.59. The average Bonchev–Trinajstić information content (AvgIpc) is 2.51. The molecule has 5 nitrogen and oxygen atoms in total. The van der Waals surface area contributed by atoms with Gasteiger partial charge in [-0.15, -0.1) is 0 Å². The molecule has 0 aliphatic rings. The van der Waals surface area contributed by atoms with Crippen LogP contribution in [0.1, 0.15) is 64.5 Å². The van der Waals surface area contributed by atoms with Gasteiger partial charge in [-0.1, -0.05) is 45.9 Å². The van der Waals surface area contributed by atoms with Crippen molar-refractivity contribution >= 4 is 21.6 Å². The Morgan fingerprint density at radius 3 is 1.76 bits per heavy atom. The number of nitrogens with zero attached hydrogens (tertiary/aromatic N) is 2. The van der Waals surface area contributed by atoms with Gasteiger partial charge in [0.25, 0.3) is 0 Å². The van der Waals surface area contributed by atoms with Crippen LogP contribution in [0.4, 0.5) is 5.69 Å². The summed E-state index contributed by atoms with van der Waals surface area (Å²) < 4.78 is 26.4. The monoisotopic (exact) mass is 368 g/mol. The third kappa shape index (κ3) is 5.21. The molecule has 1 aromatic rings. The van der Waals surface area contributed by atoms with Gasteiger partial charge in [0.1, 0.15) is 6.54 Å².